The molecule has 0 aliphatic carbocycles. The Labute approximate surface area is 196 Å². The van der Waals surface area contributed by atoms with Gasteiger partial charge in [0.05, 0.1) is 0 Å². The number of benzene rings is 2. The first kappa shape index (κ1) is 21.7. The minimum Gasteiger partial charge on any atom is -0.366 e. The minimum absolute atomic E-state index is 0.0926. The van der Waals surface area contributed by atoms with E-state index in [1.165, 1.54) is 34.9 Å². The van der Waals surface area contributed by atoms with Gasteiger partial charge in [-0.05, 0) is 56.0 Å². The van der Waals surface area contributed by atoms with Crippen LogP contribution in [-0.4, -0.2) is 54.7 Å². The Morgan fingerprint density at radius 1 is 1.03 bits per heavy atom. The molecule has 1 unspecified atom stereocenters. The molecule has 6 nitrogen and oxygen atoms in total. The molecule has 5 rings (SSSR count). The predicted octanol–water partition coefficient (Wildman–Crippen LogP) is 3.95. The van der Waals surface area contributed by atoms with E-state index in [4.69, 9.17) is 0 Å². The van der Waals surface area contributed by atoms with Crippen molar-refractivity contribution in [3.8, 4) is 0 Å². The van der Waals surface area contributed by atoms with E-state index in [-0.39, 0.29) is 6.03 Å². The zero-order valence-electron chi connectivity index (χ0n) is 19.2. The Morgan fingerprint density at radius 2 is 1.94 bits per heavy atom. The van der Waals surface area contributed by atoms with E-state index in [0.717, 1.165) is 44.6 Å². The number of aromatic nitrogens is 1. The Morgan fingerprint density at radius 3 is 2.85 bits per heavy atom. The molecule has 2 aliphatic heterocycles. The third kappa shape index (κ3) is 5.11. The minimum atomic E-state index is -0.0926. The lowest BCUT2D eigenvalue weighted by atomic mass is 9.95. The number of nitrogens with zero attached hydrogens (tertiary/aromatic N) is 3. The van der Waals surface area contributed by atoms with Crippen molar-refractivity contribution >= 4 is 22.5 Å². The number of nitrogens with one attached hydrogen (secondary N) is 2. The van der Waals surface area contributed by atoms with Crippen LogP contribution in [0.25, 0.3) is 10.8 Å². The third-order valence-electron chi connectivity index (χ3n) is 6.93. The van der Waals surface area contributed by atoms with Crippen molar-refractivity contribution < 1.29 is 4.79 Å². The SMILES string of the molecule is O=C(NCCCN1CCCC(N2CCc3cncc4cccc2c34)C1)NCc1ccccc1. The number of piperidine rings is 1. The van der Waals surface area contributed by atoms with Crippen LogP contribution in [0.1, 0.15) is 30.4 Å². The molecule has 3 aromatic rings. The molecule has 1 fully saturated rings. The van der Waals surface area contributed by atoms with Crippen molar-refractivity contribution in [2.24, 2.45) is 0 Å². The number of anilines is 1. The summed E-state index contributed by atoms with van der Waals surface area (Å²) >= 11 is 0. The summed E-state index contributed by atoms with van der Waals surface area (Å²) in [6.07, 6.45) is 8.54. The smallest absolute Gasteiger partial charge is 0.315 e. The molecule has 1 saturated heterocycles. The molecule has 0 spiro atoms. The predicted molar refractivity (Wildman–Crippen MR) is 134 cm³/mol. The second kappa shape index (κ2) is 10.2. The molecule has 0 saturated carbocycles. The number of hydrogen-bond donors (Lipinski definition) is 2. The summed E-state index contributed by atoms with van der Waals surface area (Å²) < 4.78 is 0. The average Bonchev–Trinajstić information content (AvgIpc) is 2.87. The molecule has 33 heavy (non-hydrogen) atoms. The van der Waals surface area contributed by atoms with E-state index < -0.39 is 0 Å². The van der Waals surface area contributed by atoms with Crippen LogP contribution in [0.4, 0.5) is 10.5 Å². The molecule has 2 aliphatic rings. The number of carbonyl (C=O) groups is 1. The molecule has 1 aromatic heterocycles. The first-order valence-corrected chi connectivity index (χ1v) is 12.2. The molecule has 2 N–H and O–H groups in total. The van der Waals surface area contributed by atoms with Crippen LogP contribution < -0.4 is 15.5 Å². The molecule has 3 heterocycles. The number of hydrogen-bond acceptors (Lipinski definition) is 4. The normalized spacial score (nSPS) is 18.3. The molecule has 6 heteroatoms. The summed E-state index contributed by atoms with van der Waals surface area (Å²) in [7, 11) is 0. The van der Waals surface area contributed by atoms with Crippen LogP contribution >= 0.6 is 0 Å². The van der Waals surface area contributed by atoms with Gasteiger partial charge in [-0.1, -0.05) is 42.5 Å². The van der Waals surface area contributed by atoms with Crippen molar-refractivity contribution in [1.82, 2.24) is 20.5 Å². The Kier molecular flexibility index (Phi) is 6.72. The fourth-order valence-corrected chi connectivity index (χ4v) is 5.29. The monoisotopic (exact) mass is 443 g/mol. The summed E-state index contributed by atoms with van der Waals surface area (Å²) in [4.78, 5) is 21.7. The van der Waals surface area contributed by atoms with Crippen LogP contribution in [0, 0.1) is 0 Å². The summed E-state index contributed by atoms with van der Waals surface area (Å²) in [5, 5.41) is 8.57. The first-order chi connectivity index (χ1) is 16.3. The summed E-state index contributed by atoms with van der Waals surface area (Å²) in [6, 6.07) is 17.1. The lowest BCUT2D eigenvalue weighted by Gasteiger charge is -2.43. The highest BCUT2D eigenvalue weighted by Crippen LogP contribution is 2.36. The van der Waals surface area contributed by atoms with Crippen molar-refractivity contribution in [2.75, 3.05) is 37.6 Å². The van der Waals surface area contributed by atoms with E-state index in [1.807, 2.05) is 42.7 Å². The van der Waals surface area contributed by atoms with Crippen LogP contribution in [0.15, 0.2) is 60.9 Å². The van der Waals surface area contributed by atoms with E-state index in [2.05, 4.69) is 43.6 Å². The Hall–Kier alpha value is -3.12. The van der Waals surface area contributed by atoms with Crippen LogP contribution in [0.3, 0.4) is 0 Å². The topological polar surface area (TPSA) is 60.5 Å². The summed E-state index contributed by atoms with van der Waals surface area (Å²) in [5.74, 6) is 0. The Balaban J connectivity index is 1.10. The van der Waals surface area contributed by atoms with Gasteiger partial charge >= 0.3 is 6.03 Å². The van der Waals surface area contributed by atoms with Gasteiger partial charge in [0.15, 0.2) is 0 Å². The average molecular weight is 444 g/mol. The number of amides is 2. The van der Waals surface area contributed by atoms with E-state index in [0.29, 0.717) is 19.1 Å². The molecule has 2 amide bonds. The van der Waals surface area contributed by atoms with Crippen molar-refractivity contribution in [1.29, 1.82) is 0 Å². The van der Waals surface area contributed by atoms with E-state index in [1.54, 1.807) is 0 Å². The zero-order valence-corrected chi connectivity index (χ0v) is 19.2. The van der Waals surface area contributed by atoms with E-state index >= 15 is 0 Å². The molecule has 0 bridgehead atoms. The van der Waals surface area contributed by atoms with Crippen molar-refractivity contribution in [2.45, 2.75) is 38.3 Å². The standard InChI is InChI=1S/C27H33N5O/c33-27(30-17-21-7-2-1-3-8-21)29-13-6-15-31-14-5-10-24(20-31)32-16-12-23-19-28-18-22-9-4-11-25(32)26(22)23/h1-4,7-9,11,18-19,24H,5-6,10,12-17,20H2,(H2,29,30,33). The van der Waals surface area contributed by atoms with Gasteiger partial charge < -0.3 is 20.4 Å². The van der Waals surface area contributed by atoms with Crippen LogP contribution in [0.2, 0.25) is 0 Å². The molecule has 0 radical (unpaired) electrons. The second-order valence-electron chi connectivity index (χ2n) is 9.16. The maximum absolute atomic E-state index is 12.1. The number of carbonyl (C=O) groups excluding carboxylic acids is 1. The van der Waals surface area contributed by atoms with Crippen LogP contribution in [-0.2, 0) is 13.0 Å². The largest absolute Gasteiger partial charge is 0.366 e. The van der Waals surface area contributed by atoms with Crippen LogP contribution in [0.5, 0.6) is 0 Å². The van der Waals surface area contributed by atoms with Gasteiger partial charge in [0.1, 0.15) is 0 Å². The van der Waals surface area contributed by atoms with Gasteiger partial charge in [-0.2, -0.15) is 0 Å². The number of likely N-dealkylation sites (tertiary alicyclic amines) is 1. The highest BCUT2D eigenvalue weighted by atomic mass is 16.2. The maximum Gasteiger partial charge on any atom is 0.315 e. The first-order valence-electron chi connectivity index (χ1n) is 12.2. The van der Waals surface area contributed by atoms with E-state index in [9.17, 15) is 4.79 Å². The number of pyridine rings is 1. The highest BCUT2D eigenvalue weighted by Gasteiger charge is 2.29. The second-order valence-corrected chi connectivity index (χ2v) is 9.16. The summed E-state index contributed by atoms with van der Waals surface area (Å²) in [6.45, 7) is 5.59. The molecule has 172 valence electrons. The van der Waals surface area contributed by atoms with Gasteiger partial charge in [-0.15, -0.1) is 0 Å². The lowest BCUT2D eigenvalue weighted by Crippen LogP contribution is -2.50. The van der Waals surface area contributed by atoms with Gasteiger partial charge in [0.2, 0.25) is 0 Å². The maximum atomic E-state index is 12.1. The highest BCUT2D eigenvalue weighted by molar-refractivity contribution is 5.97. The van der Waals surface area contributed by atoms with Gasteiger partial charge in [-0.25, -0.2) is 4.79 Å². The molecule has 2 aromatic carbocycles. The lowest BCUT2D eigenvalue weighted by molar-refractivity contribution is 0.200. The molecule has 1 atom stereocenters. The summed E-state index contributed by atoms with van der Waals surface area (Å²) in [5.41, 5.74) is 3.86. The third-order valence-corrected chi connectivity index (χ3v) is 6.93. The molecular formula is C27H33N5O. The molecular weight excluding hydrogens is 410 g/mol. The number of rotatable bonds is 7. The van der Waals surface area contributed by atoms with Crippen molar-refractivity contribution in [3.63, 3.8) is 0 Å². The fraction of sp³-hybridized carbons (Fsp3) is 0.407. The van der Waals surface area contributed by atoms with Crippen molar-refractivity contribution in [3.05, 3.63) is 72.1 Å². The van der Waals surface area contributed by atoms with Gasteiger partial charge in [0.25, 0.3) is 0 Å². The zero-order chi connectivity index (χ0) is 22.5. The number of urea groups is 1. The fourth-order valence-electron chi connectivity index (χ4n) is 5.29. The van der Waals surface area contributed by atoms with Gasteiger partial charge in [-0.3, -0.25) is 4.98 Å². The van der Waals surface area contributed by atoms with Gasteiger partial charge in [0, 0.05) is 61.1 Å². The quantitative estimate of drug-likeness (QED) is 0.543. The Bertz CT molecular complexity index is 1080.